The van der Waals surface area contributed by atoms with Gasteiger partial charge >= 0.3 is 0 Å². The molecule has 1 amide bonds. The van der Waals surface area contributed by atoms with Crippen molar-refractivity contribution in [3.05, 3.63) is 23.8 Å². The molecular formula is C14H20N2O3. The maximum absolute atomic E-state index is 11.6. The third-order valence-electron chi connectivity index (χ3n) is 3.29. The van der Waals surface area contributed by atoms with E-state index in [1.165, 1.54) is 0 Å². The normalized spacial score (nSPS) is 15.9. The second-order valence-electron chi connectivity index (χ2n) is 4.83. The maximum atomic E-state index is 11.6. The first-order valence-electron chi connectivity index (χ1n) is 6.48. The predicted molar refractivity (Wildman–Crippen MR) is 73.6 cm³/mol. The summed E-state index contributed by atoms with van der Waals surface area (Å²) in [5, 5.41) is 12.1. The van der Waals surface area contributed by atoms with Gasteiger partial charge < -0.3 is 20.1 Å². The molecule has 19 heavy (non-hydrogen) atoms. The Morgan fingerprint density at radius 2 is 2.32 bits per heavy atom. The molecule has 1 aromatic carbocycles. The highest BCUT2D eigenvalue weighted by atomic mass is 16.5. The van der Waals surface area contributed by atoms with Crippen LogP contribution in [0.3, 0.4) is 0 Å². The third kappa shape index (κ3) is 3.24. The molecule has 0 aliphatic carbocycles. The number of fused-ring (bicyclic) bond motifs is 1. The van der Waals surface area contributed by atoms with Gasteiger partial charge in [-0.25, -0.2) is 0 Å². The number of nitrogens with one attached hydrogen (secondary N) is 1. The predicted octanol–water partition coefficient (Wildman–Crippen LogP) is 0.555. The third-order valence-corrected chi connectivity index (χ3v) is 3.29. The van der Waals surface area contributed by atoms with E-state index in [2.05, 4.69) is 5.32 Å². The lowest BCUT2D eigenvalue weighted by atomic mass is 10.1. The Hall–Kier alpha value is -1.59. The zero-order chi connectivity index (χ0) is 13.8. The largest absolute Gasteiger partial charge is 0.482 e. The van der Waals surface area contributed by atoms with E-state index in [0.717, 1.165) is 30.0 Å². The fourth-order valence-electron chi connectivity index (χ4n) is 2.00. The van der Waals surface area contributed by atoms with Gasteiger partial charge in [-0.1, -0.05) is 6.07 Å². The SMILES string of the molecule is CC(CO)NCCc1ccc2c(c1)N(C)C(=O)CO2. The first kappa shape index (κ1) is 13.8. The number of carbonyl (C=O) groups excluding carboxylic acids is 1. The fourth-order valence-corrected chi connectivity index (χ4v) is 2.00. The summed E-state index contributed by atoms with van der Waals surface area (Å²) < 4.78 is 5.38. The van der Waals surface area contributed by atoms with Crippen LogP contribution in [-0.4, -0.2) is 43.9 Å². The lowest BCUT2D eigenvalue weighted by Gasteiger charge is -2.26. The van der Waals surface area contributed by atoms with Crippen molar-refractivity contribution < 1.29 is 14.6 Å². The molecule has 0 aromatic heterocycles. The van der Waals surface area contributed by atoms with Crippen LogP contribution in [0.5, 0.6) is 5.75 Å². The summed E-state index contributed by atoms with van der Waals surface area (Å²) in [4.78, 5) is 13.2. The van der Waals surface area contributed by atoms with Gasteiger partial charge in [0.25, 0.3) is 5.91 Å². The Kier molecular flexibility index (Phi) is 4.39. The highest BCUT2D eigenvalue weighted by molar-refractivity contribution is 5.97. The smallest absolute Gasteiger partial charge is 0.264 e. The minimum atomic E-state index is -0.0309. The number of anilines is 1. The van der Waals surface area contributed by atoms with Crippen LogP contribution in [0, 0.1) is 0 Å². The van der Waals surface area contributed by atoms with E-state index in [9.17, 15) is 4.79 Å². The summed E-state index contributed by atoms with van der Waals surface area (Å²) in [5.41, 5.74) is 1.96. The number of nitrogens with zero attached hydrogens (tertiary/aromatic N) is 1. The van der Waals surface area contributed by atoms with Crippen molar-refractivity contribution in [3.63, 3.8) is 0 Å². The summed E-state index contributed by atoms with van der Waals surface area (Å²) in [5.74, 6) is 0.721. The average molecular weight is 264 g/mol. The first-order valence-corrected chi connectivity index (χ1v) is 6.48. The molecule has 104 valence electrons. The molecule has 5 heteroatoms. The van der Waals surface area contributed by atoms with Crippen LogP contribution in [0.4, 0.5) is 5.69 Å². The minimum Gasteiger partial charge on any atom is -0.482 e. The van der Waals surface area contributed by atoms with Gasteiger partial charge in [0.2, 0.25) is 0 Å². The molecule has 0 saturated carbocycles. The summed E-state index contributed by atoms with van der Waals surface area (Å²) in [7, 11) is 1.76. The van der Waals surface area contributed by atoms with Gasteiger partial charge in [0.05, 0.1) is 12.3 Å². The molecule has 5 nitrogen and oxygen atoms in total. The van der Waals surface area contributed by atoms with Crippen molar-refractivity contribution >= 4 is 11.6 Å². The van der Waals surface area contributed by atoms with Gasteiger partial charge in [-0.05, 0) is 37.6 Å². The number of amides is 1. The molecule has 0 saturated heterocycles. The average Bonchev–Trinajstić information content (AvgIpc) is 2.43. The fraction of sp³-hybridized carbons (Fsp3) is 0.500. The van der Waals surface area contributed by atoms with Crippen LogP contribution in [0.1, 0.15) is 12.5 Å². The molecule has 0 fully saturated rings. The second kappa shape index (κ2) is 6.04. The van der Waals surface area contributed by atoms with Crippen molar-refractivity contribution in [2.24, 2.45) is 0 Å². The van der Waals surface area contributed by atoms with E-state index in [0.29, 0.717) is 0 Å². The minimum absolute atomic E-state index is 0.0309. The molecule has 1 aliphatic rings. The standard InChI is InChI=1S/C14H20N2O3/c1-10(8-17)15-6-5-11-3-4-13-12(7-11)16(2)14(18)9-19-13/h3-4,7,10,15,17H,5-6,8-9H2,1-2H3. The van der Waals surface area contributed by atoms with Gasteiger partial charge in [-0.3, -0.25) is 4.79 Å². The van der Waals surface area contributed by atoms with Gasteiger partial charge in [0.15, 0.2) is 6.61 Å². The van der Waals surface area contributed by atoms with Gasteiger partial charge in [-0.15, -0.1) is 0 Å². The Morgan fingerprint density at radius 3 is 3.05 bits per heavy atom. The van der Waals surface area contributed by atoms with Gasteiger partial charge in [0, 0.05) is 13.1 Å². The zero-order valence-corrected chi connectivity index (χ0v) is 11.3. The van der Waals surface area contributed by atoms with Crippen LogP contribution in [-0.2, 0) is 11.2 Å². The van der Waals surface area contributed by atoms with E-state index in [4.69, 9.17) is 9.84 Å². The molecular weight excluding hydrogens is 244 g/mol. The van der Waals surface area contributed by atoms with Gasteiger partial charge in [-0.2, -0.15) is 0 Å². The number of aliphatic hydroxyl groups excluding tert-OH is 1. The molecule has 0 radical (unpaired) electrons. The topological polar surface area (TPSA) is 61.8 Å². The Labute approximate surface area is 113 Å². The van der Waals surface area contributed by atoms with E-state index in [-0.39, 0.29) is 25.2 Å². The van der Waals surface area contributed by atoms with Crippen LogP contribution >= 0.6 is 0 Å². The van der Waals surface area contributed by atoms with E-state index in [1.54, 1.807) is 11.9 Å². The lowest BCUT2D eigenvalue weighted by molar-refractivity contribution is -0.120. The van der Waals surface area contributed by atoms with Crippen LogP contribution in [0.2, 0.25) is 0 Å². The number of likely N-dealkylation sites (N-methyl/N-ethyl adjacent to an activating group) is 1. The molecule has 1 unspecified atom stereocenters. The number of aliphatic hydroxyl groups is 1. The summed E-state index contributed by atoms with van der Waals surface area (Å²) in [6, 6.07) is 6.00. The summed E-state index contributed by atoms with van der Waals surface area (Å²) in [6.07, 6.45) is 0.847. The van der Waals surface area contributed by atoms with E-state index < -0.39 is 0 Å². The second-order valence-corrected chi connectivity index (χ2v) is 4.83. The van der Waals surface area contributed by atoms with Crippen molar-refractivity contribution in [3.8, 4) is 5.75 Å². The van der Waals surface area contributed by atoms with Crippen molar-refractivity contribution in [1.29, 1.82) is 0 Å². The molecule has 1 heterocycles. The number of rotatable bonds is 5. The van der Waals surface area contributed by atoms with Crippen molar-refractivity contribution in [2.45, 2.75) is 19.4 Å². The molecule has 1 atom stereocenters. The summed E-state index contributed by atoms with van der Waals surface area (Å²) in [6.45, 7) is 2.97. The van der Waals surface area contributed by atoms with E-state index >= 15 is 0 Å². The number of ether oxygens (including phenoxy) is 1. The van der Waals surface area contributed by atoms with Crippen molar-refractivity contribution in [2.75, 3.05) is 31.7 Å². The Bertz CT molecular complexity index is 462. The van der Waals surface area contributed by atoms with Crippen LogP contribution < -0.4 is 15.0 Å². The zero-order valence-electron chi connectivity index (χ0n) is 11.3. The number of carbonyl (C=O) groups is 1. The molecule has 0 bridgehead atoms. The number of hydrogen-bond donors (Lipinski definition) is 2. The molecule has 2 rings (SSSR count). The number of benzene rings is 1. The van der Waals surface area contributed by atoms with E-state index in [1.807, 2.05) is 25.1 Å². The molecule has 0 spiro atoms. The van der Waals surface area contributed by atoms with Crippen LogP contribution in [0.15, 0.2) is 18.2 Å². The maximum Gasteiger partial charge on any atom is 0.264 e. The Balaban J connectivity index is 2.02. The lowest BCUT2D eigenvalue weighted by Crippen LogP contribution is -2.35. The summed E-state index contributed by atoms with van der Waals surface area (Å²) >= 11 is 0. The van der Waals surface area contributed by atoms with Crippen LogP contribution in [0.25, 0.3) is 0 Å². The first-order chi connectivity index (χ1) is 9.11. The van der Waals surface area contributed by atoms with Gasteiger partial charge in [0.1, 0.15) is 5.75 Å². The molecule has 1 aliphatic heterocycles. The highest BCUT2D eigenvalue weighted by Crippen LogP contribution is 2.31. The monoisotopic (exact) mass is 264 g/mol. The van der Waals surface area contributed by atoms with Crippen molar-refractivity contribution in [1.82, 2.24) is 5.32 Å². The molecule has 1 aromatic rings. The Morgan fingerprint density at radius 1 is 1.53 bits per heavy atom. The molecule has 2 N–H and O–H groups in total. The number of hydrogen-bond acceptors (Lipinski definition) is 4. The quantitative estimate of drug-likeness (QED) is 0.815. The highest BCUT2D eigenvalue weighted by Gasteiger charge is 2.22.